The average Bonchev–Trinajstić information content (AvgIpc) is 3.16. The van der Waals surface area contributed by atoms with Gasteiger partial charge in [0.25, 0.3) is 0 Å². The van der Waals surface area contributed by atoms with Gasteiger partial charge in [-0.15, -0.1) is 0 Å². The molecule has 0 radical (unpaired) electrons. The van der Waals surface area contributed by atoms with Gasteiger partial charge in [0.05, 0.1) is 28.5 Å². The Morgan fingerprint density at radius 3 is 2.81 bits per heavy atom. The summed E-state index contributed by atoms with van der Waals surface area (Å²) in [6, 6.07) is 8.16. The van der Waals surface area contributed by atoms with Crippen LogP contribution in [0.15, 0.2) is 48.9 Å². The second-order valence-corrected chi connectivity index (χ2v) is 7.78. The summed E-state index contributed by atoms with van der Waals surface area (Å²) in [5, 5.41) is 8.75. The van der Waals surface area contributed by atoms with Crippen molar-refractivity contribution in [3.8, 4) is 0 Å². The Labute approximate surface area is 188 Å². The van der Waals surface area contributed by atoms with E-state index in [-0.39, 0.29) is 0 Å². The SMILES string of the molecule is CCCN(CCC=CN)c1nc(Nc2cccnc2)nc2[nH]c3c(NC)cc(C)cc3c12. The van der Waals surface area contributed by atoms with Crippen molar-refractivity contribution in [1.29, 1.82) is 0 Å². The molecule has 0 unspecified atom stereocenters. The molecule has 1 aromatic carbocycles. The fourth-order valence-corrected chi connectivity index (χ4v) is 3.99. The average molecular weight is 431 g/mol. The van der Waals surface area contributed by atoms with Crippen molar-refractivity contribution >= 4 is 45.1 Å². The molecule has 0 fully saturated rings. The molecule has 4 rings (SSSR count). The number of hydrogen-bond donors (Lipinski definition) is 4. The molecule has 0 aliphatic carbocycles. The Morgan fingerprint density at radius 2 is 2.09 bits per heavy atom. The van der Waals surface area contributed by atoms with Gasteiger partial charge in [0.2, 0.25) is 5.95 Å². The van der Waals surface area contributed by atoms with E-state index in [1.54, 1.807) is 18.6 Å². The van der Waals surface area contributed by atoms with E-state index in [1.807, 2.05) is 25.3 Å². The van der Waals surface area contributed by atoms with Crippen LogP contribution in [0.3, 0.4) is 0 Å². The van der Waals surface area contributed by atoms with Gasteiger partial charge >= 0.3 is 0 Å². The molecule has 0 aliphatic heterocycles. The molecule has 0 aliphatic rings. The maximum atomic E-state index is 5.58. The number of benzene rings is 1. The number of aromatic nitrogens is 4. The predicted molar refractivity (Wildman–Crippen MR) is 134 cm³/mol. The molecule has 3 aromatic heterocycles. The van der Waals surface area contributed by atoms with Crippen LogP contribution in [0, 0.1) is 6.92 Å². The Bertz CT molecular complexity index is 1230. The molecule has 8 heteroatoms. The Morgan fingerprint density at radius 1 is 1.22 bits per heavy atom. The van der Waals surface area contributed by atoms with Crippen molar-refractivity contribution < 1.29 is 0 Å². The van der Waals surface area contributed by atoms with Crippen LogP contribution in [0.2, 0.25) is 0 Å². The first kappa shape index (κ1) is 21.4. The molecule has 3 heterocycles. The smallest absolute Gasteiger partial charge is 0.231 e. The molecule has 8 nitrogen and oxygen atoms in total. The van der Waals surface area contributed by atoms with Crippen LogP contribution in [0.1, 0.15) is 25.3 Å². The Kier molecular flexibility index (Phi) is 6.39. The highest BCUT2D eigenvalue weighted by Gasteiger charge is 2.20. The van der Waals surface area contributed by atoms with Gasteiger partial charge in [-0.2, -0.15) is 9.97 Å². The lowest BCUT2D eigenvalue weighted by Gasteiger charge is -2.24. The van der Waals surface area contributed by atoms with E-state index >= 15 is 0 Å². The molecule has 166 valence electrons. The van der Waals surface area contributed by atoms with Gasteiger partial charge in [0.15, 0.2) is 0 Å². The van der Waals surface area contributed by atoms with E-state index in [0.717, 1.165) is 65.1 Å². The number of aromatic amines is 1. The molecule has 0 atom stereocenters. The summed E-state index contributed by atoms with van der Waals surface area (Å²) in [6.45, 7) is 5.98. The normalized spacial score (nSPS) is 11.5. The number of fused-ring (bicyclic) bond motifs is 3. The van der Waals surface area contributed by atoms with Crippen molar-refractivity contribution in [1.82, 2.24) is 19.9 Å². The number of anilines is 4. The highest BCUT2D eigenvalue weighted by molar-refractivity contribution is 6.15. The highest BCUT2D eigenvalue weighted by atomic mass is 15.2. The lowest BCUT2D eigenvalue weighted by molar-refractivity contribution is 0.755. The van der Waals surface area contributed by atoms with E-state index in [9.17, 15) is 0 Å². The molecule has 0 spiro atoms. The number of hydrogen-bond acceptors (Lipinski definition) is 7. The fourth-order valence-electron chi connectivity index (χ4n) is 3.99. The van der Waals surface area contributed by atoms with Crippen LogP contribution >= 0.6 is 0 Å². The molecular weight excluding hydrogens is 400 g/mol. The zero-order valence-corrected chi connectivity index (χ0v) is 18.8. The second kappa shape index (κ2) is 9.55. The predicted octanol–water partition coefficient (Wildman–Crippen LogP) is 4.68. The van der Waals surface area contributed by atoms with Gasteiger partial charge in [-0.1, -0.05) is 13.0 Å². The standard InChI is InChI=1S/C24H30N8/c1-4-11-32(12-6-5-9-25)23-20-18-13-16(2)14-19(26-3)21(18)29-22(20)30-24(31-23)28-17-8-7-10-27-15-17/h5,7-10,13-15,26H,4,6,11-12,25H2,1-3H3,(H2,28,29,30,31). The summed E-state index contributed by atoms with van der Waals surface area (Å²) in [7, 11) is 1.93. The van der Waals surface area contributed by atoms with E-state index < -0.39 is 0 Å². The number of aryl methyl sites for hydroxylation is 1. The van der Waals surface area contributed by atoms with E-state index in [1.165, 1.54) is 5.56 Å². The van der Waals surface area contributed by atoms with Crippen LogP contribution in [-0.2, 0) is 0 Å². The third-order valence-electron chi connectivity index (χ3n) is 5.37. The quantitative estimate of drug-likeness (QED) is 0.305. The minimum absolute atomic E-state index is 0.533. The minimum atomic E-state index is 0.533. The van der Waals surface area contributed by atoms with Gasteiger partial charge in [-0.25, -0.2) is 0 Å². The zero-order chi connectivity index (χ0) is 22.5. The monoisotopic (exact) mass is 430 g/mol. The summed E-state index contributed by atoms with van der Waals surface area (Å²) >= 11 is 0. The first-order valence-electron chi connectivity index (χ1n) is 10.9. The molecule has 5 N–H and O–H groups in total. The third-order valence-corrected chi connectivity index (χ3v) is 5.37. The van der Waals surface area contributed by atoms with Crippen molar-refractivity contribution in [3.05, 3.63) is 54.5 Å². The molecular formula is C24H30N8. The summed E-state index contributed by atoms with van der Waals surface area (Å²) in [6.07, 6.45) is 8.94. The van der Waals surface area contributed by atoms with Crippen molar-refractivity contribution in [2.45, 2.75) is 26.7 Å². The van der Waals surface area contributed by atoms with Crippen LogP contribution in [0.25, 0.3) is 21.9 Å². The molecule has 0 amide bonds. The second-order valence-electron chi connectivity index (χ2n) is 7.78. The molecule has 0 saturated heterocycles. The van der Waals surface area contributed by atoms with E-state index in [0.29, 0.717) is 5.95 Å². The third kappa shape index (κ3) is 4.30. The van der Waals surface area contributed by atoms with Crippen LogP contribution in [0.4, 0.5) is 23.1 Å². The Balaban J connectivity index is 1.93. The van der Waals surface area contributed by atoms with Gasteiger partial charge in [0.1, 0.15) is 11.5 Å². The number of rotatable bonds is 9. The van der Waals surface area contributed by atoms with E-state index in [2.05, 4.69) is 51.5 Å². The molecule has 4 aromatic rings. The summed E-state index contributed by atoms with van der Waals surface area (Å²) in [5.74, 6) is 1.44. The molecule has 32 heavy (non-hydrogen) atoms. The number of nitrogens with two attached hydrogens (primary N) is 1. The lowest BCUT2D eigenvalue weighted by Crippen LogP contribution is -2.26. The summed E-state index contributed by atoms with van der Waals surface area (Å²) in [4.78, 5) is 19.8. The van der Waals surface area contributed by atoms with Crippen LogP contribution in [-0.4, -0.2) is 40.1 Å². The first-order valence-corrected chi connectivity index (χ1v) is 10.9. The molecule has 0 bridgehead atoms. The van der Waals surface area contributed by atoms with Gasteiger partial charge in [-0.3, -0.25) is 4.98 Å². The minimum Gasteiger partial charge on any atom is -0.405 e. The zero-order valence-electron chi connectivity index (χ0n) is 18.8. The van der Waals surface area contributed by atoms with Crippen molar-refractivity contribution in [2.75, 3.05) is 35.7 Å². The maximum absolute atomic E-state index is 5.58. The number of pyridine rings is 1. The topological polar surface area (TPSA) is 108 Å². The number of H-pyrrole nitrogens is 1. The summed E-state index contributed by atoms with van der Waals surface area (Å²) in [5.41, 5.74) is 10.5. The van der Waals surface area contributed by atoms with Crippen LogP contribution < -0.4 is 21.3 Å². The number of nitrogens with zero attached hydrogens (tertiary/aromatic N) is 4. The largest absolute Gasteiger partial charge is 0.405 e. The van der Waals surface area contributed by atoms with Crippen LogP contribution in [0.5, 0.6) is 0 Å². The maximum Gasteiger partial charge on any atom is 0.231 e. The highest BCUT2D eigenvalue weighted by Crippen LogP contribution is 2.37. The summed E-state index contributed by atoms with van der Waals surface area (Å²) < 4.78 is 0. The first-order chi connectivity index (χ1) is 15.6. The van der Waals surface area contributed by atoms with Gasteiger partial charge in [0, 0.05) is 31.7 Å². The number of nitrogens with one attached hydrogen (secondary N) is 3. The lowest BCUT2D eigenvalue weighted by atomic mass is 10.1. The molecule has 0 saturated carbocycles. The van der Waals surface area contributed by atoms with Gasteiger partial charge < -0.3 is 26.3 Å². The Hall–Kier alpha value is -3.81. The van der Waals surface area contributed by atoms with Crippen molar-refractivity contribution in [3.63, 3.8) is 0 Å². The van der Waals surface area contributed by atoms with E-state index in [4.69, 9.17) is 15.7 Å². The van der Waals surface area contributed by atoms with Crippen molar-refractivity contribution in [2.24, 2.45) is 5.73 Å². The fraction of sp³-hybridized carbons (Fsp3) is 0.292. The van der Waals surface area contributed by atoms with Gasteiger partial charge in [-0.05, 0) is 55.8 Å².